The van der Waals surface area contributed by atoms with Crippen LogP contribution in [0, 0.1) is 0 Å². The maximum atomic E-state index is 10.3. The van der Waals surface area contributed by atoms with Crippen molar-refractivity contribution in [2.24, 2.45) is 0 Å². The van der Waals surface area contributed by atoms with E-state index in [1.54, 1.807) is 18.5 Å². The van der Waals surface area contributed by atoms with Gasteiger partial charge in [-0.15, -0.1) is 0 Å². The fraction of sp³-hybridized carbons (Fsp3) is 0.200. The highest BCUT2D eigenvalue weighted by Gasteiger charge is 1.95. The van der Waals surface area contributed by atoms with Gasteiger partial charge in [-0.25, -0.2) is 4.98 Å². The van der Waals surface area contributed by atoms with E-state index in [0.717, 1.165) is 17.3 Å². The van der Waals surface area contributed by atoms with Crippen molar-refractivity contribution in [2.75, 3.05) is 0 Å². The zero-order valence-corrected chi connectivity index (χ0v) is 7.74. The standard InChI is InChI=1S/C8H6N2O.C2H6/c11-4-6-1-2-7-8(3-6)10-5-9-7;1-2/h1-5H,(H,9,10);1-2H3. The first kappa shape index (κ1) is 9.45. The number of fused-ring (bicyclic) bond motifs is 1. The number of hydrogen-bond acceptors (Lipinski definition) is 2. The summed E-state index contributed by atoms with van der Waals surface area (Å²) in [5, 5.41) is 0. The van der Waals surface area contributed by atoms with Crippen LogP contribution in [0.15, 0.2) is 24.5 Å². The second kappa shape index (κ2) is 4.40. The Morgan fingerprint density at radius 3 is 2.85 bits per heavy atom. The maximum Gasteiger partial charge on any atom is 0.150 e. The molecule has 2 aromatic rings. The molecular formula is C10H12N2O. The van der Waals surface area contributed by atoms with Gasteiger partial charge in [-0.3, -0.25) is 4.79 Å². The largest absolute Gasteiger partial charge is 0.345 e. The SMILES string of the molecule is CC.O=Cc1ccc2nc[nH]c2c1. The number of benzene rings is 1. The summed E-state index contributed by atoms with van der Waals surface area (Å²) in [5.74, 6) is 0. The van der Waals surface area contributed by atoms with Crippen LogP contribution in [0.25, 0.3) is 11.0 Å². The number of aromatic amines is 1. The number of hydrogen-bond donors (Lipinski definition) is 1. The van der Waals surface area contributed by atoms with E-state index in [1.807, 2.05) is 19.9 Å². The summed E-state index contributed by atoms with van der Waals surface area (Å²) in [6.45, 7) is 4.00. The van der Waals surface area contributed by atoms with E-state index >= 15 is 0 Å². The molecule has 0 radical (unpaired) electrons. The number of aromatic nitrogens is 2. The Labute approximate surface area is 76.8 Å². The molecule has 0 unspecified atom stereocenters. The van der Waals surface area contributed by atoms with Crippen LogP contribution in [0.1, 0.15) is 24.2 Å². The summed E-state index contributed by atoms with van der Waals surface area (Å²) in [6.07, 6.45) is 2.43. The molecule has 3 heteroatoms. The van der Waals surface area contributed by atoms with Crippen molar-refractivity contribution in [2.45, 2.75) is 13.8 Å². The van der Waals surface area contributed by atoms with Crippen LogP contribution in [-0.4, -0.2) is 16.3 Å². The van der Waals surface area contributed by atoms with Crippen LogP contribution in [0.3, 0.4) is 0 Å². The molecule has 0 aliphatic carbocycles. The first-order valence-electron chi connectivity index (χ1n) is 4.28. The number of carbonyl (C=O) groups excluding carboxylic acids is 1. The van der Waals surface area contributed by atoms with E-state index in [9.17, 15) is 4.79 Å². The van der Waals surface area contributed by atoms with Crippen LogP contribution >= 0.6 is 0 Å². The maximum absolute atomic E-state index is 10.3. The molecule has 13 heavy (non-hydrogen) atoms. The molecule has 0 aliphatic heterocycles. The summed E-state index contributed by atoms with van der Waals surface area (Å²) in [6, 6.07) is 5.33. The third kappa shape index (κ3) is 1.93. The average Bonchev–Trinajstić information content (AvgIpc) is 2.67. The van der Waals surface area contributed by atoms with E-state index in [-0.39, 0.29) is 0 Å². The van der Waals surface area contributed by atoms with Gasteiger partial charge in [0.2, 0.25) is 0 Å². The van der Waals surface area contributed by atoms with Gasteiger partial charge in [0.05, 0.1) is 17.4 Å². The lowest BCUT2D eigenvalue weighted by Gasteiger charge is -1.88. The van der Waals surface area contributed by atoms with E-state index in [4.69, 9.17) is 0 Å². The highest BCUT2D eigenvalue weighted by Crippen LogP contribution is 2.09. The van der Waals surface area contributed by atoms with Gasteiger partial charge in [-0.1, -0.05) is 13.8 Å². The van der Waals surface area contributed by atoms with Crippen molar-refractivity contribution >= 4 is 17.3 Å². The molecular weight excluding hydrogens is 164 g/mol. The Morgan fingerprint density at radius 1 is 1.38 bits per heavy atom. The fourth-order valence-electron chi connectivity index (χ4n) is 1.03. The Kier molecular flexibility index (Phi) is 3.20. The minimum Gasteiger partial charge on any atom is -0.345 e. The molecule has 1 heterocycles. The summed E-state index contributed by atoms with van der Waals surface area (Å²) < 4.78 is 0. The highest BCUT2D eigenvalue weighted by atomic mass is 16.1. The van der Waals surface area contributed by atoms with Crippen LogP contribution in [0.5, 0.6) is 0 Å². The third-order valence-electron chi connectivity index (χ3n) is 1.58. The Morgan fingerprint density at radius 2 is 2.15 bits per heavy atom. The van der Waals surface area contributed by atoms with Crippen LogP contribution in [-0.2, 0) is 0 Å². The molecule has 0 saturated heterocycles. The van der Waals surface area contributed by atoms with Crippen molar-refractivity contribution in [1.29, 1.82) is 0 Å². The molecule has 3 nitrogen and oxygen atoms in total. The number of aldehydes is 1. The van der Waals surface area contributed by atoms with Crippen molar-refractivity contribution in [3.63, 3.8) is 0 Å². The quantitative estimate of drug-likeness (QED) is 0.678. The summed E-state index contributed by atoms with van der Waals surface area (Å²) >= 11 is 0. The van der Waals surface area contributed by atoms with Gasteiger partial charge >= 0.3 is 0 Å². The van der Waals surface area contributed by atoms with Crippen molar-refractivity contribution in [3.8, 4) is 0 Å². The molecule has 1 N–H and O–H groups in total. The molecule has 0 bridgehead atoms. The lowest BCUT2D eigenvalue weighted by atomic mass is 10.2. The minimum absolute atomic E-state index is 0.668. The predicted octanol–water partition coefficient (Wildman–Crippen LogP) is 2.40. The van der Waals surface area contributed by atoms with E-state index in [1.165, 1.54) is 0 Å². The first-order chi connectivity index (χ1) is 6.40. The lowest BCUT2D eigenvalue weighted by Crippen LogP contribution is -1.77. The van der Waals surface area contributed by atoms with Crippen molar-refractivity contribution < 1.29 is 4.79 Å². The molecule has 0 fully saturated rings. The number of H-pyrrole nitrogens is 1. The highest BCUT2D eigenvalue weighted by molar-refractivity contribution is 5.84. The lowest BCUT2D eigenvalue weighted by molar-refractivity contribution is 0.112. The monoisotopic (exact) mass is 176 g/mol. The summed E-state index contributed by atoms with van der Waals surface area (Å²) in [4.78, 5) is 17.3. The number of imidazole rings is 1. The molecule has 0 amide bonds. The second-order valence-electron chi connectivity index (χ2n) is 2.30. The predicted molar refractivity (Wildman–Crippen MR) is 52.8 cm³/mol. The Bertz CT molecular complexity index is 392. The minimum atomic E-state index is 0.668. The molecule has 2 rings (SSSR count). The van der Waals surface area contributed by atoms with Crippen LogP contribution < -0.4 is 0 Å². The number of carbonyl (C=O) groups is 1. The van der Waals surface area contributed by atoms with Gasteiger partial charge in [0.25, 0.3) is 0 Å². The zero-order valence-electron chi connectivity index (χ0n) is 7.74. The number of nitrogens with one attached hydrogen (secondary N) is 1. The van der Waals surface area contributed by atoms with Gasteiger partial charge in [-0.2, -0.15) is 0 Å². The second-order valence-corrected chi connectivity index (χ2v) is 2.30. The molecule has 0 saturated carbocycles. The van der Waals surface area contributed by atoms with Crippen molar-refractivity contribution in [3.05, 3.63) is 30.1 Å². The fourth-order valence-corrected chi connectivity index (χ4v) is 1.03. The summed E-state index contributed by atoms with van der Waals surface area (Å²) in [7, 11) is 0. The van der Waals surface area contributed by atoms with E-state index < -0.39 is 0 Å². The van der Waals surface area contributed by atoms with Gasteiger partial charge in [0.15, 0.2) is 0 Å². The van der Waals surface area contributed by atoms with Gasteiger partial charge in [-0.05, 0) is 18.2 Å². The smallest absolute Gasteiger partial charge is 0.150 e. The number of nitrogens with zero attached hydrogens (tertiary/aromatic N) is 1. The first-order valence-corrected chi connectivity index (χ1v) is 4.28. The summed E-state index contributed by atoms with van der Waals surface area (Å²) in [5.41, 5.74) is 2.45. The van der Waals surface area contributed by atoms with Crippen molar-refractivity contribution in [1.82, 2.24) is 9.97 Å². The van der Waals surface area contributed by atoms with Gasteiger partial charge in [0.1, 0.15) is 6.29 Å². The molecule has 68 valence electrons. The van der Waals surface area contributed by atoms with E-state index in [2.05, 4.69) is 9.97 Å². The number of rotatable bonds is 1. The van der Waals surface area contributed by atoms with Crippen LogP contribution in [0.2, 0.25) is 0 Å². The molecule has 1 aromatic heterocycles. The Hall–Kier alpha value is -1.64. The van der Waals surface area contributed by atoms with Gasteiger partial charge < -0.3 is 4.98 Å². The molecule has 0 spiro atoms. The normalized spacial score (nSPS) is 9.08. The van der Waals surface area contributed by atoms with Crippen LogP contribution in [0.4, 0.5) is 0 Å². The topological polar surface area (TPSA) is 45.8 Å². The van der Waals surface area contributed by atoms with Gasteiger partial charge in [0, 0.05) is 5.56 Å². The van der Waals surface area contributed by atoms with E-state index in [0.29, 0.717) is 5.56 Å². The third-order valence-corrected chi connectivity index (χ3v) is 1.58. The average molecular weight is 176 g/mol. The molecule has 0 atom stereocenters. The Balaban J connectivity index is 0.000000396. The zero-order chi connectivity index (χ0) is 9.68. The molecule has 1 aromatic carbocycles. The molecule has 0 aliphatic rings.